The molecule has 1 aromatic heterocycles. The topological polar surface area (TPSA) is 103 Å². The van der Waals surface area contributed by atoms with E-state index >= 15 is 0 Å². The van der Waals surface area contributed by atoms with E-state index in [1.807, 2.05) is 26.0 Å². The first-order chi connectivity index (χ1) is 13.3. The third kappa shape index (κ3) is 3.74. The number of aromatic amines is 1. The van der Waals surface area contributed by atoms with Crippen LogP contribution in [0.1, 0.15) is 34.5 Å². The summed E-state index contributed by atoms with van der Waals surface area (Å²) < 4.78 is 27.0. The van der Waals surface area contributed by atoms with Crippen LogP contribution in [0.4, 0.5) is 5.69 Å². The normalized spacial score (nSPS) is 14.2. The van der Waals surface area contributed by atoms with Crippen LogP contribution in [0.5, 0.6) is 0 Å². The summed E-state index contributed by atoms with van der Waals surface area (Å²) in [5, 5.41) is 1.02. The number of amides is 1. The Bertz CT molecular complexity index is 1150. The Kier molecular flexibility index (Phi) is 4.60. The first kappa shape index (κ1) is 18.5. The number of aryl methyl sites for hydroxylation is 2. The van der Waals surface area contributed by atoms with E-state index in [2.05, 4.69) is 20.6 Å². The quantitative estimate of drug-likeness (QED) is 0.479. The fourth-order valence-electron chi connectivity index (χ4n) is 3.01. The van der Waals surface area contributed by atoms with Gasteiger partial charge in [0.1, 0.15) is 0 Å². The SMILES string of the molecule is Cc1[nH]c2ccc(C(=O)NNc3ccc(S(=O)(=O)NC4CC4)cc3)cc2c1C. The average Bonchev–Trinajstić information content (AvgIpc) is 3.44. The third-order valence-corrected chi connectivity index (χ3v) is 6.49. The van der Waals surface area contributed by atoms with E-state index in [0.29, 0.717) is 11.3 Å². The van der Waals surface area contributed by atoms with Crippen LogP contribution in [-0.2, 0) is 10.0 Å². The van der Waals surface area contributed by atoms with Gasteiger partial charge in [0.25, 0.3) is 5.91 Å². The molecular weight excluding hydrogens is 376 g/mol. The smallest absolute Gasteiger partial charge is 0.269 e. The number of carbonyl (C=O) groups is 1. The number of fused-ring (bicyclic) bond motifs is 1. The van der Waals surface area contributed by atoms with Gasteiger partial charge in [0.2, 0.25) is 10.0 Å². The van der Waals surface area contributed by atoms with Crippen LogP contribution in [0, 0.1) is 13.8 Å². The largest absolute Gasteiger partial charge is 0.358 e. The van der Waals surface area contributed by atoms with Crippen LogP contribution >= 0.6 is 0 Å². The fourth-order valence-corrected chi connectivity index (χ4v) is 4.31. The molecule has 8 heteroatoms. The predicted molar refractivity (Wildman–Crippen MR) is 109 cm³/mol. The Labute approximate surface area is 163 Å². The van der Waals surface area contributed by atoms with Gasteiger partial charge in [-0.15, -0.1) is 0 Å². The Hall–Kier alpha value is -2.84. The molecule has 1 aliphatic rings. The molecule has 1 aliphatic carbocycles. The summed E-state index contributed by atoms with van der Waals surface area (Å²) in [6, 6.07) is 11.8. The molecule has 0 bridgehead atoms. The summed E-state index contributed by atoms with van der Waals surface area (Å²) in [4.78, 5) is 15.9. The number of carbonyl (C=O) groups excluding carboxylic acids is 1. The number of H-pyrrole nitrogens is 1. The minimum atomic E-state index is -3.48. The van der Waals surface area contributed by atoms with Gasteiger partial charge in [-0.25, -0.2) is 13.1 Å². The van der Waals surface area contributed by atoms with Gasteiger partial charge >= 0.3 is 0 Å². The molecule has 2 aromatic carbocycles. The zero-order valence-electron chi connectivity index (χ0n) is 15.7. The molecular formula is C20H22N4O3S. The van der Waals surface area contributed by atoms with Crippen LogP contribution in [-0.4, -0.2) is 25.4 Å². The average molecular weight is 398 g/mol. The van der Waals surface area contributed by atoms with E-state index < -0.39 is 10.0 Å². The van der Waals surface area contributed by atoms with Crippen molar-refractivity contribution < 1.29 is 13.2 Å². The molecule has 4 rings (SSSR count). The molecule has 0 spiro atoms. The van der Waals surface area contributed by atoms with Crippen LogP contribution in [0.15, 0.2) is 47.4 Å². The summed E-state index contributed by atoms with van der Waals surface area (Å²) in [6.45, 7) is 4.02. The van der Waals surface area contributed by atoms with E-state index in [1.165, 1.54) is 12.1 Å². The number of sulfonamides is 1. The van der Waals surface area contributed by atoms with Crippen molar-refractivity contribution in [3.05, 3.63) is 59.3 Å². The van der Waals surface area contributed by atoms with E-state index in [4.69, 9.17) is 0 Å². The van der Waals surface area contributed by atoms with Gasteiger partial charge in [-0.1, -0.05) is 0 Å². The van der Waals surface area contributed by atoms with Crippen molar-refractivity contribution in [3.63, 3.8) is 0 Å². The number of benzene rings is 2. The molecule has 0 aliphatic heterocycles. The number of anilines is 1. The zero-order valence-corrected chi connectivity index (χ0v) is 16.5. The molecule has 1 fully saturated rings. The molecule has 3 aromatic rings. The number of hydrogen-bond acceptors (Lipinski definition) is 4. The highest BCUT2D eigenvalue weighted by molar-refractivity contribution is 7.89. The van der Waals surface area contributed by atoms with Crippen molar-refractivity contribution >= 4 is 32.5 Å². The first-order valence-electron chi connectivity index (χ1n) is 9.11. The first-order valence-corrected chi connectivity index (χ1v) is 10.6. The highest BCUT2D eigenvalue weighted by Crippen LogP contribution is 2.23. The van der Waals surface area contributed by atoms with Crippen molar-refractivity contribution in [3.8, 4) is 0 Å². The molecule has 0 unspecified atom stereocenters. The monoisotopic (exact) mass is 398 g/mol. The lowest BCUT2D eigenvalue weighted by Crippen LogP contribution is -2.29. The third-order valence-electron chi connectivity index (χ3n) is 4.95. The number of hydrogen-bond donors (Lipinski definition) is 4. The van der Waals surface area contributed by atoms with Crippen molar-refractivity contribution in [2.45, 2.75) is 37.6 Å². The van der Waals surface area contributed by atoms with Crippen molar-refractivity contribution in [1.29, 1.82) is 0 Å². The van der Waals surface area contributed by atoms with E-state index in [9.17, 15) is 13.2 Å². The Morgan fingerprint density at radius 3 is 2.46 bits per heavy atom. The number of nitrogens with one attached hydrogen (secondary N) is 4. The van der Waals surface area contributed by atoms with Crippen molar-refractivity contribution in [1.82, 2.24) is 15.1 Å². The molecule has 0 saturated heterocycles. The maximum Gasteiger partial charge on any atom is 0.269 e. The fraction of sp³-hybridized carbons (Fsp3) is 0.250. The number of hydrazine groups is 1. The summed E-state index contributed by atoms with van der Waals surface area (Å²) in [5.74, 6) is -0.271. The maximum atomic E-state index is 12.4. The van der Waals surface area contributed by atoms with Gasteiger partial charge < -0.3 is 4.98 Å². The van der Waals surface area contributed by atoms with Crippen molar-refractivity contribution in [2.75, 3.05) is 5.43 Å². The highest BCUT2D eigenvalue weighted by Gasteiger charge is 2.27. The molecule has 0 atom stereocenters. The Morgan fingerprint density at radius 2 is 1.79 bits per heavy atom. The minimum absolute atomic E-state index is 0.0619. The standard InChI is InChI=1S/C20H22N4O3S/c1-12-13(2)21-19-10-3-14(11-18(12)19)20(25)23-22-15-6-8-17(9-7-15)28(26,27)24-16-4-5-16/h3,6-11,16,21-22,24H,4-5H2,1-2H3,(H,23,25). The Balaban J connectivity index is 1.42. The molecule has 146 valence electrons. The molecule has 28 heavy (non-hydrogen) atoms. The van der Waals surface area contributed by atoms with Gasteiger partial charge in [0.15, 0.2) is 0 Å². The Morgan fingerprint density at radius 1 is 1.07 bits per heavy atom. The van der Waals surface area contributed by atoms with Gasteiger partial charge in [0, 0.05) is 28.2 Å². The second-order valence-electron chi connectivity index (χ2n) is 7.13. The van der Waals surface area contributed by atoms with Gasteiger partial charge in [-0.3, -0.25) is 15.6 Å². The number of rotatable bonds is 6. The lowest BCUT2D eigenvalue weighted by molar-refractivity contribution is 0.0963. The highest BCUT2D eigenvalue weighted by atomic mass is 32.2. The minimum Gasteiger partial charge on any atom is -0.358 e. The van der Waals surface area contributed by atoms with Crippen LogP contribution < -0.4 is 15.6 Å². The van der Waals surface area contributed by atoms with E-state index in [1.54, 1.807) is 18.2 Å². The number of aromatic nitrogens is 1. The zero-order chi connectivity index (χ0) is 19.9. The summed E-state index contributed by atoms with van der Waals surface area (Å²) in [5.41, 5.74) is 9.79. The van der Waals surface area contributed by atoms with E-state index in [0.717, 1.165) is 35.0 Å². The summed E-state index contributed by atoms with van der Waals surface area (Å²) >= 11 is 0. The summed E-state index contributed by atoms with van der Waals surface area (Å²) in [6.07, 6.45) is 1.77. The van der Waals surface area contributed by atoms with E-state index in [-0.39, 0.29) is 16.8 Å². The molecule has 0 radical (unpaired) electrons. The predicted octanol–water partition coefficient (Wildman–Crippen LogP) is 2.98. The molecule has 1 heterocycles. The van der Waals surface area contributed by atoms with Gasteiger partial charge in [0.05, 0.1) is 10.6 Å². The maximum absolute atomic E-state index is 12.4. The molecule has 7 nitrogen and oxygen atoms in total. The van der Waals surface area contributed by atoms with Crippen LogP contribution in [0.2, 0.25) is 0 Å². The second-order valence-corrected chi connectivity index (χ2v) is 8.85. The lowest BCUT2D eigenvalue weighted by Gasteiger charge is -2.10. The van der Waals surface area contributed by atoms with Gasteiger partial charge in [-0.05, 0) is 74.7 Å². The summed E-state index contributed by atoms with van der Waals surface area (Å²) in [7, 11) is -3.48. The van der Waals surface area contributed by atoms with Crippen LogP contribution in [0.3, 0.4) is 0 Å². The van der Waals surface area contributed by atoms with Crippen LogP contribution in [0.25, 0.3) is 10.9 Å². The molecule has 1 amide bonds. The lowest BCUT2D eigenvalue weighted by atomic mass is 10.1. The second kappa shape index (κ2) is 6.96. The van der Waals surface area contributed by atoms with Gasteiger partial charge in [-0.2, -0.15) is 0 Å². The molecule has 4 N–H and O–H groups in total. The van der Waals surface area contributed by atoms with Crippen molar-refractivity contribution in [2.24, 2.45) is 0 Å². The molecule has 1 saturated carbocycles.